The summed E-state index contributed by atoms with van der Waals surface area (Å²) in [6, 6.07) is 0. The van der Waals surface area contributed by atoms with Crippen LogP contribution in [0.15, 0.2) is 0 Å². The van der Waals surface area contributed by atoms with Crippen molar-refractivity contribution in [2.75, 3.05) is 31.8 Å². The number of hydrogen-bond donors (Lipinski definition) is 0. The SMILES string of the molecule is CCCC[PH](CCCC)(CCCC)CC(C)OC.Cl. The van der Waals surface area contributed by atoms with Gasteiger partial charge in [-0.2, -0.15) is 0 Å². The van der Waals surface area contributed by atoms with Crippen LogP contribution in [0, 0.1) is 0 Å². The zero-order valence-corrected chi connectivity index (χ0v) is 15.8. The summed E-state index contributed by atoms with van der Waals surface area (Å²) in [7, 11) is 0.811. The Morgan fingerprint density at radius 3 is 1.47 bits per heavy atom. The van der Waals surface area contributed by atoms with Gasteiger partial charge < -0.3 is 0 Å². The maximum absolute atomic E-state index is 5.58. The zero-order valence-electron chi connectivity index (χ0n) is 14.0. The Balaban J connectivity index is 0. The second kappa shape index (κ2) is 13.7. The fourth-order valence-electron chi connectivity index (χ4n) is 3.03. The number of unbranched alkanes of at least 4 members (excludes halogenated alkanes) is 3. The van der Waals surface area contributed by atoms with Crippen LogP contribution in [-0.4, -0.2) is 37.9 Å². The minimum absolute atomic E-state index is 0. The minimum Gasteiger partial charge on any atom is -0.147 e. The van der Waals surface area contributed by atoms with Gasteiger partial charge in [0, 0.05) is 0 Å². The summed E-state index contributed by atoms with van der Waals surface area (Å²) in [6.07, 6.45) is 14.9. The molecule has 0 amide bonds. The summed E-state index contributed by atoms with van der Waals surface area (Å²) in [4.78, 5) is 0. The summed E-state index contributed by atoms with van der Waals surface area (Å²) >= 11 is 0. The molecule has 0 saturated heterocycles. The van der Waals surface area contributed by atoms with E-state index in [1.807, 2.05) is 7.11 Å². The van der Waals surface area contributed by atoms with Crippen LogP contribution in [-0.2, 0) is 4.74 Å². The summed E-state index contributed by atoms with van der Waals surface area (Å²) in [5.41, 5.74) is 0. The van der Waals surface area contributed by atoms with Gasteiger partial charge in [0.1, 0.15) is 0 Å². The molecule has 0 bridgehead atoms. The summed E-state index contributed by atoms with van der Waals surface area (Å²) in [6.45, 7) is 9.27. The zero-order chi connectivity index (χ0) is 13.9. The van der Waals surface area contributed by atoms with Crippen LogP contribution in [0.2, 0.25) is 0 Å². The van der Waals surface area contributed by atoms with Crippen molar-refractivity contribution in [2.45, 2.75) is 72.3 Å². The molecule has 0 aromatic carbocycles. The first-order valence-corrected chi connectivity index (χ1v) is 11.0. The Labute approximate surface area is 129 Å². The molecule has 0 aromatic rings. The second-order valence-electron chi connectivity index (χ2n) is 6.06. The molecule has 1 nitrogen and oxygen atoms in total. The molecule has 0 aliphatic heterocycles. The average molecular weight is 313 g/mol. The van der Waals surface area contributed by atoms with Crippen molar-refractivity contribution < 1.29 is 4.74 Å². The number of rotatable bonds is 12. The van der Waals surface area contributed by atoms with E-state index in [2.05, 4.69) is 27.7 Å². The van der Waals surface area contributed by atoms with E-state index in [9.17, 15) is 0 Å². The van der Waals surface area contributed by atoms with Crippen LogP contribution in [0.5, 0.6) is 0 Å². The largest absolute Gasteiger partial charge is 0.147 e. The average Bonchev–Trinajstić information content (AvgIpc) is 2.40. The van der Waals surface area contributed by atoms with Crippen molar-refractivity contribution >= 4 is 19.7 Å². The van der Waals surface area contributed by atoms with Crippen LogP contribution in [0.1, 0.15) is 66.2 Å². The molecule has 0 aromatic heterocycles. The molecule has 0 heterocycles. The van der Waals surface area contributed by atoms with Gasteiger partial charge in [-0.05, 0) is 0 Å². The smallest absolute Gasteiger partial charge is 0.147 e. The number of hydrogen-bond acceptors (Lipinski definition) is 1. The molecule has 0 saturated carbocycles. The Morgan fingerprint density at radius 2 is 1.21 bits per heavy atom. The van der Waals surface area contributed by atoms with E-state index in [1.165, 1.54) is 63.2 Å². The van der Waals surface area contributed by atoms with Gasteiger partial charge in [0.2, 0.25) is 0 Å². The molecule has 0 N–H and O–H groups in total. The summed E-state index contributed by atoms with van der Waals surface area (Å²) in [5, 5.41) is 0. The normalized spacial score (nSPS) is 13.9. The second-order valence-corrected chi connectivity index (χ2v) is 11.0. The summed E-state index contributed by atoms with van der Waals surface area (Å²) in [5.74, 6) is 0. The van der Waals surface area contributed by atoms with Gasteiger partial charge in [-0.1, -0.05) is 0 Å². The van der Waals surface area contributed by atoms with Crippen molar-refractivity contribution in [3.8, 4) is 0 Å². The van der Waals surface area contributed by atoms with Crippen LogP contribution < -0.4 is 0 Å². The monoisotopic (exact) mass is 312 g/mol. The molecule has 0 rings (SSSR count). The van der Waals surface area contributed by atoms with Crippen molar-refractivity contribution in [3.63, 3.8) is 0 Å². The summed E-state index contributed by atoms with van der Waals surface area (Å²) < 4.78 is 5.58. The molecule has 0 spiro atoms. The maximum atomic E-state index is 5.58. The number of methoxy groups -OCH3 is 1. The van der Waals surface area contributed by atoms with Gasteiger partial charge in [0.05, 0.1) is 0 Å². The fraction of sp³-hybridized carbons (Fsp3) is 1.00. The van der Waals surface area contributed by atoms with E-state index in [-0.39, 0.29) is 12.4 Å². The van der Waals surface area contributed by atoms with Crippen molar-refractivity contribution in [1.29, 1.82) is 0 Å². The van der Waals surface area contributed by atoms with Crippen LogP contribution in [0.3, 0.4) is 0 Å². The van der Waals surface area contributed by atoms with E-state index < -0.39 is 7.26 Å². The molecule has 0 fully saturated rings. The number of ether oxygens (including phenoxy) is 1. The molecular weight excluding hydrogens is 275 g/mol. The van der Waals surface area contributed by atoms with E-state index >= 15 is 0 Å². The van der Waals surface area contributed by atoms with Crippen molar-refractivity contribution in [1.82, 2.24) is 0 Å². The molecule has 0 radical (unpaired) electrons. The maximum Gasteiger partial charge on any atom is -0.147 e. The van der Waals surface area contributed by atoms with E-state index in [4.69, 9.17) is 4.74 Å². The van der Waals surface area contributed by atoms with Gasteiger partial charge in [-0.3, -0.25) is 0 Å². The molecule has 0 aliphatic rings. The third-order valence-corrected chi connectivity index (χ3v) is 9.99. The van der Waals surface area contributed by atoms with Crippen LogP contribution >= 0.6 is 19.7 Å². The molecule has 19 heavy (non-hydrogen) atoms. The van der Waals surface area contributed by atoms with E-state index in [0.717, 1.165) is 0 Å². The van der Waals surface area contributed by atoms with Gasteiger partial charge in [-0.25, -0.2) is 0 Å². The van der Waals surface area contributed by atoms with E-state index in [1.54, 1.807) is 0 Å². The minimum atomic E-state index is -1.07. The van der Waals surface area contributed by atoms with Gasteiger partial charge in [0.15, 0.2) is 0 Å². The number of halogens is 1. The Kier molecular flexibility index (Phi) is 15.8. The molecule has 0 aliphatic carbocycles. The molecule has 1 atom stereocenters. The standard InChI is InChI=1S/C16H37OP.ClH/c1-6-9-12-18(13-10-7-2,14-11-8-3)15-16(4)17-5;/h16,18H,6-15H2,1-5H3;1H. The van der Waals surface area contributed by atoms with E-state index in [0.29, 0.717) is 6.10 Å². The van der Waals surface area contributed by atoms with Crippen LogP contribution in [0.25, 0.3) is 0 Å². The molecular formula is C16H38ClOP. The quantitative estimate of drug-likeness (QED) is 0.427. The topological polar surface area (TPSA) is 9.23 Å². The predicted molar refractivity (Wildman–Crippen MR) is 96.2 cm³/mol. The van der Waals surface area contributed by atoms with Crippen LogP contribution in [0.4, 0.5) is 0 Å². The molecule has 1 unspecified atom stereocenters. The Morgan fingerprint density at radius 1 is 0.842 bits per heavy atom. The first-order valence-electron chi connectivity index (χ1n) is 8.17. The van der Waals surface area contributed by atoms with Gasteiger partial charge in [-0.15, -0.1) is 12.4 Å². The molecule has 3 heteroatoms. The van der Waals surface area contributed by atoms with Gasteiger partial charge in [0.25, 0.3) is 0 Å². The first kappa shape index (κ1) is 22.0. The van der Waals surface area contributed by atoms with Crippen molar-refractivity contribution in [2.24, 2.45) is 0 Å². The Bertz CT molecular complexity index is 166. The van der Waals surface area contributed by atoms with Gasteiger partial charge >= 0.3 is 116 Å². The van der Waals surface area contributed by atoms with Crippen molar-refractivity contribution in [3.05, 3.63) is 0 Å². The third-order valence-electron chi connectivity index (χ3n) is 4.30. The predicted octanol–water partition coefficient (Wildman–Crippen LogP) is 5.59. The Hall–Kier alpha value is 0.680. The fourth-order valence-corrected chi connectivity index (χ4v) is 9.09. The third kappa shape index (κ3) is 10.1. The molecule has 120 valence electrons. The first-order chi connectivity index (χ1) is 8.64.